The van der Waals surface area contributed by atoms with E-state index >= 15 is 0 Å². The van der Waals surface area contributed by atoms with Crippen LogP contribution in [0.1, 0.15) is 26.3 Å². The van der Waals surface area contributed by atoms with Crippen LogP contribution in [0, 0.1) is 6.57 Å². The van der Waals surface area contributed by atoms with E-state index in [4.69, 9.17) is 11.0 Å². The first kappa shape index (κ1) is 25.7. The minimum Gasteiger partial charge on any atom is -0.456 e. The number of furan rings is 1. The molecule has 45 heavy (non-hydrogen) atoms. The summed E-state index contributed by atoms with van der Waals surface area (Å²) in [7, 11) is 0. The Kier molecular flexibility index (Phi) is 5.20. The van der Waals surface area contributed by atoms with Crippen molar-refractivity contribution in [2.24, 2.45) is 0 Å². The lowest BCUT2D eigenvalue weighted by molar-refractivity contribution is 0.591. The number of rotatable bonds is 2. The van der Waals surface area contributed by atoms with Crippen molar-refractivity contribution in [3.8, 4) is 11.4 Å². The Morgan fingerprint density at radius 2 is 1.07 bits per heavy atom. The molecule has 0 N–H and O–H groups in total. The highest BCUT2D eigenvalue weighted by atomic mass is 16.3. The van der Waals surface area contributed by atoms with Crippen LogP contribution >= 0.6 is 0 Å². The summed E-state index contributed by atoms with van der Waals surface area (Å²) in [5.41, 5.74) is 10.5. The Morgan fingerprint density at radius 1 is 0.511 bits per heavy atom. The molecule has 9 rings (SSSR count). The van der Waals surface area contributed by atoms with Gasteiger partial charge >= 0.3 is 0 Å². The van der Waals surface area contributed by atoms with E-state index in [9.17, 15) is 0 Å². The average molecular weight is 580 g/mol. The van der Waals surface area contributed by atoms with Gasteiger partial charge in [-0.25, -0.2) is 4.85 Å². The third-order valence-corrected chi connectivity index (χ3v) is 9.28. The van der Waals surface area contributed by atoms with E-state index in [2.05, 4.69) is 132 Å². The Morgan fingerprint density at radius 3 is 1.82 bits per heavy atom. The number of aromatic nitrogens is 2. The largest absolute Gasteiger partial charge is 0.456 e. The van der Waals surface area contributed by atoms with Crippen molar-refractivity contribution in [3.05, 3.63) is 138 Å². The van der Waals surface area contributed by atoms with Crippen LogP contribution in [0.2, 0.25) is 0 Å². The number of nitrogens with zero attached hydrogens (tertiary/aromatic N) is 3. The molecular formula is C41H29N3O. The summed E-state index contributed by atoms with van der Waals surface area (Å²) in [6.07, 6.45) is 0. The fraction of sp³-hybridized carbons (Fsp3) is 0.0976. The van der Waals surface area contributed by atoms with E-state index in [-0.39, 0.29) is 5.41 Å². The summed E-state index contributed by atoms with van der Waals surface area (Å²) in [6.45, 7) is 14.4. The van der Waals surface area contributed by atoms with Gasteiger partial charge in [0.15, 0.2) is 5.69 Å². The Bertz CT molecular complexity index is 2700. The zero-order valence-corrected chi connectivity index (χ0v) is 25.3. The smallest absolute Gasteiger partial charge is 0.188 e. The van der Waals surface area contributed by atoms with Crippen LogP contribution in [0.25, 0.3) is 81.8 Å². The van der Waals surface area contributed by atoms with Crippen LogP contribution in [-0.2, 0) is 5.41 Å². The van der Waals surface area contributed by atoms with Gasteiger partial charge in [0, 0.05) is 38.3 Å². The van der Waals surface area contributed by atoms with Crippen LogP contribution in [-0.4, -0.2) is 9.13 Å². The number of para-hydroxylation sites is 2. The molecule has 0 saturated heterocycles. The van der Waals surface area contributed by atoms with Crippen molar-refractivity contribution in [1.82, 2.24) is 9.13 Å². The van der Waals surface area contributed by atoms with Gasteiger partial charge in [-0.05, 0) is 89.2 Å². The Balaban J connectivity index is 1.31. The summed E-state index contributed by atoms with van der Waals surface area (Å²) in [5.74, 6) is 0. The molecule has 4 nitrogen and oxygen atoms in total. The molecule has 3 aromatic heterocycles. The van der Waals surface area contributed by atoms with Crippen LogP contribution < -0.4 is 0 Å². The molecule has 0 bridgehead atoms. The normalized spacial score (nSPS) is 12.3. The molecule has 0 radical (unpaired) electrons. The minimum absolute atomic E-state index is 0.0204. The van der Waals surface area contributed by atoms with Crippen LogP contribution in [0.4, 0.5) is 5.69 Å². The van der Waals surface area contributed by atoms with Crippen LogP contribution in [0.3, 0.4) is 0 Å². The lowest BCUT2D eigenvalue weighted by atomic mass is 9.86. The van der Waals surface area contributed by atoms with Gasteiger partial charge in [0.05, 0.1) is 28.6 Å². The fourth-order valence-corrected chi connectivity index (χ4v) is 7.06. The molecule has 0 aliphatic heterocycles. The maximum Gasteiger partial charge on any atom is 0.188 e. The molecule has 3 heterocycles. The lowest BCUT2D eigenvalue weighted by Crippen LogP contribution is -2.10. The highest BCUT2D eigenvalue weighted by molar-refractivity contribution is 6.13. The molecule has 0 atom stereocenters. The quantitative estimate of drug-likeness (QED) is 0.187. The van der Waals surface area contributed by atoms with E-state index in [0.717, 1.165) is 60.8 Å². The summed E-state index contributed by atoms with van der Waals surface area (Å²) in [5, 5.41) is 6.92. The predicted octanol–water partition coefficient (Wildman–Crippen LogP) is 11.6. The molecule has 0 fully saturated rings. The highest BCUT2D eigenvalue weighted by Crippen LogP contribution is 2.40. The van der Waals surface area contributed by atoms with Gasteiger partial charge in [-0.3, -0.25) is 0 Å². The Hall–Kier alpha value is -5.79. The maximum absolute atomic E-state index is 7.67. The zero-order valence-electron chi connectivity index (χ0n) is 25.3. The number of benzene rings is 6. The molecule has 6 aromatic carbocycles. The summed E-state index contributed by atoms with van der Waals surface area (Å²) >= 11 is 0. The molecule has 0 spiro atoms. The van der Waals surface area contributed by atoms with Crippen molar-refractivity contribution in [2.75, 3.05) is 0 Å². The summed E-state index contributed by atoms with van der Waals surface area (Å²) in [4.78, 5) is 3.75. The molecule has 214 valence electrons. The van der Waals surface area contributed by atoms with Crippen LogP contribution in [0.5, 0.6) is 0 Å². The third kappa shape index (κ3) is 3.71. The van der Waals surface area contributed by atoms with Gasteiger partial charge < -0.3 is 13.6 Å². The van der Waals surface area contributed by atoms with Gasteiger partial charge in [0.1, 0.15) is 11.2 Å². The molecule has 0 amide bonds. The molecule has 0 aliphatic carbocycles. The van der Waals surface area contributed by atoms with E-state index in [1.165, 1.54) is 21.7 Å². The lowest BCUT2D eigenvalue weighted by Gasteiger charge is -2.19. The highest BCUT2D eigenvalue weighted by Gasteiger charge is 2.20. The predicted molar refractivity (Wildman–Crippen MR) is 187 cm³/mol. The number of hydrogen-bond donors (Lipinski definition) is 0. The van der Waals surface area contributed by atoms with Crippen LogP contribution in [0.15, 0.2) is 126 Å². The van der Waals surface area contributed by atoms with Gasteiger partial charge in [-0.15, -0.1) is 0 Å². The summed E-state index contributed by atoms with van der Waals surface area (Å²) in [6, 6.07) is 43.0. The topological polar surface area (TPSA) is 27.4 Å². The SMILES string of the molecule is [C-]#[N+]c1ccc2c(c1)c1cc(C(C)(C)C)ccc1n2-c1ccc2c(c1)c1ccccc1n2-c1ccc2oc3ccccc3c2c1. The molecule has 0 unspecified atom stereocenters. The maximum atomic E-state index is 7.67. The first-order valence-corrected chi connectivity index (χ1v) is 15.3. The van der Waals surface area contributed by atoms with Crippen molar-refractivity contribution in [3.63, 3.8) is 0 Å². The number of hydrogen-bond acceptors (Lipinski definition) is 1. The van der Waals surface area contributed by atoms with Gasteiger partial charge in [0.2, 0.25) is 0 Å². The second-order valence-electron chi connectivity index (χ2n) is 13.0. The second-order valence-corrected chi connectivity index (χ2v) is 13.0. The van der Waals surface area contributed by atoms with Crippen molar-refractivity contribution in [2.45, 2.75) is 26.2 Å². The van der Waals surface area contributed by atoms with E-state index < -0.39 is 0 Å². The molecule has 9 aromatic rings. The second kappa shape index (κ2) is 9.11. The van der Waals surface area contributed by atoms with Crippen molar-refractivity contribution < 1.29 is 4.42 Å². The van der Waals surface area contributed by atoms with Gasteiger partial charge in [0.25, 0.3) is 0 Å². The summed E-state index contributed by atoms with van der Waals surface area (Å²) < 4.78 is 10.8. The van der Waals surface area contributed by atoms with E-state index in [0.29, 0.717) is 5.69 Å². The number of fused-ring (bicyclic) bond motifs is 9. The van der Waals surface area contributed by atoms with Crippen molar-refractivity contribution >= 4 is 71.2 Å². The Labute approximate surface area is 260 Å². The first-order valence-electron chi connectivity index (χ1n) is 15.3. The molecule has 4 heteroatoms. The van der Waals surface area contributed by atoms with Gasteiger partial charge in [-0.2, -0.15) is 0 Å². The monoisotopic (exact) mass is 579 g/mol. The molecule has 0 aliphatic rings. The average Bonchev–Trinajstić information content (AvgIpc) is 3.70. The van der Waals surface area contributed by atoms with Gasteiger partial charge in [-0.1, -0.05) is 69.3 Å². The third-order valence-electron chi connectivity index (χ3n) is 9.28. The minimum atomic E-state index is 0.0204. The standard InChI is InChI=1S/C41H29N3O/c1-41(2,3)25-13-17-36-31(21-25)32-22-26(42-4)14-18-37(32)44(36)27-15-19-38-33(23-27)29-9-5-7-11-35(29)43(38)28-16-20-40-34(24-28)30-10-6-8-12-39(30)45-40/h5-24H,1-3H3. The first-order chi connectivity index (χ1) is 21.9. The van der Waals surface area contributed by atoms with Crippen molar-refractivity contribution in [1.29, 1.82) is 0 Å². The molecule has 0 saturated carbocycles. The fourth-order valence-electron chi connectivity index (χ4n) is 7.06. The zero-order chi connectivity index (χ0) is 30.4. The molecular weight excluding hydrogens is 550 g/mol. The van der Waals surface area contributed by atoms with E-state index in [1.807, 2.05) is 24.3 Å². The van der Waals surface area contributed by atoms with E-state index in [1.54, 1.807) is 0 Å².